The second-order valence-corrected chi connectivity index (χ2v) is 7.32. The number of rotatable bonds is 4. The fourth-order valence-electron chi connectivity index (χ4n) is 4.25. The highest BCUT2D eigenvalue weighted by Gasteiger charge is 2.53. The molecule has 0 saturated carbocycles. The second-order valence-electron chi connectivity index (χ2n) is 7.32. The third kappa shape index (κ3) is 2.76. The molecule has 1 aliphatic carbocycles. The Hall–Kier alpha value is -3.15. The van der Waals surface area contributed by atoms with Gasteiger partial charge in [0.1, 0.15) is 11.3 Å². The number of urea groups is 1. The van der Waals surface area contributed by atoms with E-state index in [0.29, 0.717) is 23.3 Å². The maximum atomic E-state index is 13.4. The molecule has 0 aromatic heterocycles. The van der Waals surface area contributed by atoms with Crippen molar-refractivity contribution < 1.29 is 19.1 Å². The molecule has 2 aromatic rings. The summed E-state index contributed by atoms with van der Waals surface area (Å²) in [5, 5.41) is 2.95. The molecule has 1 fully saturated rings. The summed E-state index contributed by atoms with van der Waals surface area (Å²) in [5.41, 5.74) is 2.12. The molecular weight excluding hydrogens is 356 g/mol. The van der Waals surface area contributed by atoms with Gasteiger partial charge in [0.05, 0.1) is 13.7 Å². The molecule has 1 spiro atoms. The van der Waals surface area contributed by atoms with E-state index in [0.717, 1.165) is 24.0 Å². The van der Waals surface area contributed by atoms with Gasteiger partial charge in [-0.15, -0.1) is 0 Å². The number of hydrogen-bond donors (Lipinski definition) is 1. The quantitative estimate of drug-likeness (QED) is 0.655. The van der Waals surface area contributed by atoms with Gasteiger partial charge < -0.3 is 10.1 Å². The van der Waals surface area contributed by atoms with Gasteiger partial charge in [0.15, 0.2) is 5.78 Å². The first-order valence-electron chi connectivity index (χ1n) is 9.36. The number of Topliss-reactive ketones (excluding diaryl/α,β-unsaturated/α-hetero) is 1. The van der Waals surface area contributed by atoms with E-state index >= 15 is 0 Å². The summed E-state index contributed by atoms with van der Waals surface area (Å²) in [6.07, 6.45) is 2.31. The number of amides is 3. The number of aryl methyl sites for hydroxylation is 1. The van der Waals surface area contributed by atoms with Crippen molar-refractivity contribution in [2.45, 2.75) is 38.3 Å². The summed E-state index contributed by atoms with van der Waals surface area (Å²) in [7, 11) is 1.52. The highest BCUT2D eigenvalue weighted by atomic mass is 16.5. The molecular formula is C22H22N2O4. The molecule has 6 nitrogen and oxygen atoms in total. The molecule has 1 aliphatic heterocycles. The van der Waals surface area contributed by atoms with E-state index in [1.165, 1.54) is 18.9 Å². The van der Waals surface area contributed by atoms with Crippen LogP contribution in [0.2, 0.25) is 0 Å². The van der Waals surface area contributed by atoms with Gasteiger partial charge in [0.2, 0.25) is 0 Å². The first-order valence-corrected chi connectivity index (χ1v) is 9.36. The van der Waals surface area contributed by atoms with Crippen molar-refractivity contribution in [1.29, 1.82) is 0 Å². The van der Waals surface area contributed by atoms with Gasteiger partial charge in [0, 0.05) is 11.1 Å². The highest BCUT2D eigenvalue weighted by Crippen LogP contribution is 2.40. The average molecular weight is 378 g/mol. The van der Waals surface area contributed by atoms with Gasteiger partial charge in [-0.2, -0.15) is 0 Å². The third-order valence-electron chi connectivity index (χ3n) is 5.67. The maximum Gasteiger partial charge on any atom is 0.325 e. The first kappa shape index (κ1) is 18.2. The summed E-state index contributed by atoms with van der Waals surface area (Å²) in [4.78, 5) is 39.2. The van der Waals surface area contributed by atoms with Crippen LogP contribution in [0.3, 0.4) is 0 Å². The number of carbonyl (C=O) groups is 3. The van der Waals surface area contributed by atoms with E-state index in [-0.39, 0.29) is 18.2 Å². The van der Waals surface area contributed by atoms with Crippen molar-refractivity contribution in [1.82, 2.24) is 10.2 Å². The molecule has 0 radical (unpaired) electrons. The van der Waals surface area contributed by atoms with E-state index in [1.807, 2.05) is 24.3 Å². The monoisotopic (exact) mass is 378 g/mol. The van der Waals surface area contributed by atoms with E-state index < -0.39 is 11.6 Å². The largest absolute Gasteiger partial charge is 0.496 e. The molecule has 2 aromatic carbocycles. The topological polar surface area (TPSA) is 75.7 Å². The fraction of sp³-hybridized carbons (Fsp3) is 0.318. The van der Waals surface area contributed by atoms with Crippen LogP contribution in [-0.2, 0) is 23.3 Å². The molecule has 4 rings (SSSR count). The Labute approximate surface area is 163 Å². The van der Waals surface area contributed by atoms with E-state index in [2.05, 4.69) is 5.32 Å². The Kier molecular flexibility index (Phi) is 4.41. The van der Waals surface area contributed by atoms with Crippen molar-refractivity contribution >= 4 is 17.7 Å². The molecule has 1 saturated heterocycles. The number of nitrogens with one attached hydrogen (secondary N) is 1. The van der Waals surface area contributed by atoms with Crippen LogP contribution in [0, 0.1) is 0 Å². The lowest BCUT2D eigenvalue weighted by molar-refractivity contribution is -0.132. The van der Waals surface area contributed by atoms with Crippen LogP contribution in [0.15, 0.2) is 42.5 Å². The first-order chi connectivity index (χ1) is 13.5. The number of nitrogens with zero attached hydrogens (tertiary/aromatic N) is 1. The van der Waals surface area contributed by atoms with E-state index in [4.69, 9.17) is 4.74 Å². The van der Waals surface area contributed by atoms with Gasteiger partial charge in [-0.1, -0.05) is 24.3 Å². The predicted octanol–water partition coefficient (Wildman–Crippen LogP) is 3.18. The van der Waals surface area contributed by atoms with Crippen molar-refractivity contribution in [2.24, 2.45) is 0 Å². The number of carbonyl (C=O) groups excluding carboxylic acids is 3. The Bertz CT molecular complexity index is 984. The normalized spacial score (nSPS) is 20.9. The lowest BCUT2D eigenvalue weighted by Gasteiger charge is -2.33. The lowest BCUT2D eigenvalue weighted by atomic mass is 9.76. The molecule has 0 bridgehead atoms. The summed E-state index contributed by atoms with van der Waals surface area (Å²) in [6.45, 7) is 1.53. The second kappa shape index (κ2) is 6.78. The van der Waals surface area contributed by atoms with Gasteiger partial charge in [0.25, 0.3) is 5.91 Å². The zero-order chi connectivity index (χ0) is 19.9. The minimum atomic E-state index is -1.00. The molecule has 2 aliphatic rings. The molecule has 144 valence electrons. The van der Waals surface area contributed by atoms with Gasteiger partial charge in [-0.05, 0) is 55.5 Å². The number of benzene rings is 2. The molecule has 1 atom stereocenters. The Morgan fingerprint density at radius 3 is 2.75 bits per heavy atom. The van der Waals surface area contributed by atoms with E-state index in [1.54, 1.807) is 18.2 Å². The van der Waals surface area contributed by atoms with Crippen LogP contribution in [0.25, 0.3) is 0 Å². The van der Waals surface area contributed by atoms with Crippen molar-refractivity contribution in [2.75, 3.05) is 7.11 Å². The van der Waals surface area contributed by atoms with Crippen LogP contribution >= 0.6 is 0 Å². The minimum Gasteiger partial charge on any atom is -0.496 e. The summed E-state index contributed by atoms with van der Waals surface area (Å²) in [5.74, 6) is 0.203. The maximum absolute atomic E-state index is 13.4. The minimum absolute atomic E-state index is 0.0544. The molecule has 6 heteroatoms. The van der Waals surface area contributed by atoms with Crippen LogP contribution < -0.4 is 10.1 Å². The number of ketones is 1. The van der Waals surface area contributed by atoms with E-state index in [9.17, 15) is 14.4 Å². The zero-order valence-electron chi connectivity index (χ0n) is 16.0. The van der Waals surface area contributed by atoms with Crippen LogP contribution in [0.4, 0.5) is 4.79 Å². The lowest BCUT2D eigenvalue weighted by Crippen LogP contribution is -2.46. The Balaban J connectivity index is 1.71. The summed E-state index contributed by atoms with van der Waals surface area (Å²) < 4.78 is 5.37. The molecule has 3 amide bonds. The van der Waals surface area contributed by atoms with Crippen LogP contribution in [-0.4, -0.2) is 29.7 Å². The van der Waals surface area contributed by atoms with Crippen molar-refractivity contribution in [3.63, 3.8) is 0 Å². The Morgan fingerprint density at radius 1 is 1.21 bits per heavy atom. The number of methoxy groups -OCH3 is 1. The fourth-order valence-corrected chi connectivity index (χ4v) is 4.25. The number of hydrogen-bond acceptors (Lipinski definition) is 4. The SMILES string of the molecule is COc1ccc(C(C)=O)cc1CN1C(=O)NC2(CCCc3ccccc32)C1=O. The Morgan fingerprint density at radius 2 is 2.00 bits per heavy atom. The average Bonchev–Trinajstić information content (AvgIpc) is 2.93. The molecule has 1 heterocycles. The van der Waals surface area contributed by atoms with Gasteiger partial charge >= 0.3 is 6.03 Å². The molecule has 28 heavy (non-hydrogen) atoms. The standard InChI is InChI=1S/C22H22N2O4/c1-14(25)16-9-10-19(28-2)17(12-16)13-24-20(26)22(23-21(24)27)11-5-7-15-6-3-4-8-18(15)22/h3-4,6,8-10,12H,5,7,11,13H2,1-2H3,(H,23,27). The van der Waals surface area contributed by atoms with Crippen molar-refractivity contribution in [3.05, 3.63) is 64.7 Å². The summed E-state index contributed by atoms with van der Waals surface area (Å²) >= 11 is 0. The predicted molar refractivity (Wildman–Crippen MR) is 103 cm³/mol. The zero-order valence-corrected chi connectivity index (χ0v) is 16.0. The van der Waals surface area contributed by atoms with Crippen molar-refractivity contribution in [3.8, 4) is 5.75 Å². The number of imide groups is 1. The van der Waals surface area contributed by atoms with Gasteiger partial charge in [-0.25, -0.2) is 4.79 Å². The number of ether oxygens (including phenoxy) is 1. The molecule has 1 N–H and O–H groups in total. The van der Waals surface area contributed by atoms with Crippen LogP contribution in [0.1, 0.15) is 46.8 Å². The van der Waals surface area contributed by atoms with Crippen LogP contribution in [0.5, 0.6) is 5.75 Å². The molecule has 1 unspecified atom stereocenters. The third-order valence-corrected chi connectivity index (χ3v) is 5.67. The summed E-state index contributed by atoms with van der Waals surface area (Å²) in [6, 6.07) is 12.4. The number of fused-ring (bicyclic) bond motifs is 2. The smallest absolute Gasteiger partial charge is 0.325 e. The van der Waals surface area contributed by atoms with Gasteiger partial charge in [-0.3, -0.25) is 14.5 Å². The highest BCUT2D eigenvalue weighted by molar-refractivity contribution is 6.07.